The quantitative estimate of drug-likeness (QED) is 0.130. The molecular formula is C41H37F4N7O7S. The number of anilines is 2. The molecule has 2 heterocycles. The first-order valence-electron chi connectivity index (χ1n) is 18.4. The number of nitrogens with one attached hydrogen (secondary N) is 3. The predicted octanol–water partition coefficient (Wildman–Crippen LogP) is 4.49. The van der Waals surface area contributed by atoms with Gasteiger partial charge in [-0.15, -0.1) is 0 Å². The summed E-state index contributed by atoms with van der Waals surface area (Å²) in [4.78, 5) is 54.1. The maximum Gasteiger partial charge on any atom is 0.417 e. The molecule has 1 aromatic heterocycles. The molecule has 4 aromatic carbocycles. The fraction of sp³-hybridized carbons (Fsp3) is 0.268. The molecule has 14 nitrogen and oxygen atoms in total. The van der Waals surface area contributed by atoms with Crippen LogP contribution in [0.3, 0.4) is 0 Å². The van der Waals surface area contributed by atoms with Crippen molar-refractivity contribution < 1.29 is 45.5 Å². The minimum absolute atomic E-state index is 0.0554. The van der Waals surface area contributed by atoms with Gasteiger partial charge in [-0.25, -0.2) is 17.9 Å². The fourth-order valence-electron chi connectivity index (χ4n) is 6.67. The third-order valence-corrected chi connectivity index (χ3v) is 11.8. The Morgan fingerprint density at radius 3 is 2.23 bits per heavy atom. The Hall–Kier alpha value is -6.65. The Labute approximate surface area is 340 Å². The molecule has 3 amide bonds. The lowest BCUT2D eigenvalue weighted by molar-refractivity contribution is -0.138. The number of H-pyrrole nitrogens is 1. The van der Waals surface area contributed by atoms with Crippen molar-refractivity contribution in [1.29, 1.82) is 5.26 Å². The zero-order valence-electron chi connectivity index (χ0n) is 31.8. The van der Waals surface area contributed by atoms with Gasteiger partial charge in [-0.05, 0) is 73.2 Å². The number of rotatable bonds is 12. The molecule has 6 rings (SSSR count). The van der Waals surface area contributed by atoms with Gasteiger partial charge < -0.3 is 25.5 Å². The van der Waals surface area contributed by atoms with E-state index in [4.69, 9.17) is 5.26 Å². The first kappa shape index (κ1) is 42.9. The van der Waals surface area contributed by atoms with Crippen molar-refractivity contribution in [1.82, 2.24) is 20.0 Å². The maximum absolute atomic E-state index is 14.9. The van der Waals surface area contributed by atoms with Gasteiger partial charge in [-0.1, -0.05) is 24.3 Å². The summed E-state index contributed by atoms with van der Waals surface area (Å²) >= 11 is 0. The Morgan fingerprint density at radius 1 is 0.917 bits per heavy atom. The van der Waals surface area contributed by atoms with Gasteiger partial charge in [-0.2, -0.15) is 23.5 Å². The number of carbonyl (C=O) groups excluding carboxylic acids is 3. The number of sulfone groups is 1. The van der Waals surface area contributed by atoms with Gasteiger partial charge >= 0.3 is 6.18 Å². The second-order valence-electron chi connectivity index (χ2n) is 14.3. The summed E-state index contributed by atoms with van der Waals surface area (Å²) in [6.45, 7) is 1.85. The maximum atomic E-state index is 14.9. The molecule has 1 atom stereocenters. The summed E-state index contributed by atoms with van der Waals surface area (Å²) in [7, 11) is -4.30. The Bertz CT molecular complexity index is 2670. The molecule has 1 aliphatic heterocycles. The number of benzene rings is 4. The van der Waals surface area contributed by atoms with Crippen LogP contribution in [-0.2, 0) is 32.0 Å². The van der Waals surface area contributed by atoms with Crippen molar-refractivity contribution in [2.45, 2.75) is 36.4 Å². The molecule has 0 spiro atoms. The SMILES string of the molecule is CC(O)(CS(=O)(=O)c1ccc(NCCC(=O)N2CCN(C(=O)c3cc(Cc4n[nH]c(=O)c5ccccc45)ccc3F)CC2)cc1)C(=O)Nc1ccc(C#N)c(C(F)(F)F)c1. The van der Waals surface area contributed by atoms with Crippen LogP contribution in [0.25, 0.3) is 10.8 Å². The Morgan fingerprint density at radius 2 is 1.57 bits per heavy atom. The second-order valence-corrected chi connectivity index (χ2v) is 16.3. The van der Waals surface area contributed by atoms with Crippen LogP contribution in [0.15, 0.2) is 94.6 Å². The minimum Gasteiger partial charge on any atom is -0.385 e. The number of nitriles is 1. The zero-order chi connectivity index (χ0) is 43.4. The van der Waals surface area contributed by atoms with Gasteiger partial charge in [0.25, 0.3) is 17.4 Å². The molecule has 60 heavy (non-hydrogen) atoms. The van der Waals surface area contributed by atoms with E-state index in [2.05, 4.69) is 20.8 Å². The van der Waals surface area contributed by atoms with Crippen molar-refractivity contribution in [3.63, 3.8) is 0 Å². The average Bonchev–Trinajstić information content (AvgIpc) is 3.22. The van der Waals surface area contributed by atoms with Gasteiger partial charge in [0.05, 0.1) is 44.5 Å². The summed E-state index contributed by atoms with van der Waals surface area (Å²) in [5, 5.41) is 32.5. The van der Waals surface area contributed by atoms with Crippen LogP contribution in [0.4, 0.5) is 28.9 Å². The summed E-state index contributed by atoms with van der Waals surface area (Å²) in [5.74, 6) is -3.82. The van der Waals surface area contributed by atoms with E-state index in [1.165, 1.54) is 47.4 Å². The van der Waals surface area contributed by atoms with Crippen LogP contribution in [0.2, 0.25) is 0 Å². The van der Waals surface area contributed by atoms with Crippen molar-refractivity contribution >= 4 is 49.7 Å². The Balaban J connectivity index is 0.974. The van der Waals surface area contributed by atoms with Crippen molar-refractivity contribution in [3.8, 4) is 6.07 Å². The number of alkyl halides is 3. The largest absolute Gasteiger partial charge is 0.417 e. The number of aliphatic hydroxyl groups is 1. The van der Waals surface area contributed by atoms with Gasteiger partial charge in [0.15, 0.2) is 15.4 Å². The number of fused-ring (bicyclic) bond motifs is 1. The number of nitrogens with zero attached hydrogens (tertiary/aromatic N) is 4. The molecule has 0 bridgehead atoms. The van der Waals surface area contributed by atoms with Crippen LogP contribution in [0.1, 0.15) is 46.1 Å². The van der Waals surface area contributed by atoms with Crippen molar-refractivity contribution in [2.24, 2.45) is 0 Å². The Kier molecular flexibility index (Phi) is 12.4. The molecule has 1 aliphatic rings. The molecule has 5 aromatic rings. The molecule has 1 unspecified atom stereocenters. The van der Waals surface area contributed by atoms with E-state index >= 15 is 0 Å². The van der Waals surface area contributed by atoms with E-state index in [0.717, 1.165) is 19.1 Å². The van der Waals surface area contributed by atoms with E-state index in [1.54, 1.807) is 35.2 Å². The summed E-state index contributed by atoms with van der Waals surface area (Å²) in [6, 6.07) is 20.2. The second kappa shape index (κ2) is 17.3. The predicted molar refractivity (Wildman–Crippen MR) is 211 cm³/mol. The number of aromatic amines is 1. The molecule has 0 aliphatic carbocycles. The van der Waals surface area contributed by atoms with E-state index < -0.39 is 61.8 Å². The van der Waals surface area contributed by atoms with Crippen molar-refractivity contribution in [2.75, 3.05) is 49.1 Å². The highest BCUT2D eigenvalue weighted by Gasteiger charge is 2.38. The molecule has 4 N–H and O–H groups in total. The van der Waals surface area contributed by atoms with Gasteiger partial charge in [-0.3, -0.25) is 19.2 Å². The number of aromatic nitrogens is 2. The van der Waals surface area contributed by atoms with E-state index in [0.29, 0.717) is 33.8 Å². The summed E-state index contributed by atoms with van der Waals surface area (Å²) in [6.07, 6.45) is -4.61. The first-order valence-corrected chi connectivity index (χ1v) is 20.0. The van der Waals surface area contributed by atoms with Crippen LogP contribution in [0.5, 0.6) is 0 Å². The van der Waals surface area contributed by atoms with Gasteiger partial charge in [0, 0.05) is 62.3 Å². The molecule has 0 saturated carbocycles. The number of hydrogen-bond acceptors (Lipinski definition) is 10. The van der Waals surface area contributed by atoms with Crippen LogP contribution in [0, 0.1) is 17.1 Å². The molecule has 19 heteroatoms. The standard InChI is InChI=1S/C41H37F4N7O7S/c1-40(57,39(56)48-28-8-7-26(23-46)33(22-28)41(43,44)45)24-60(58,59)29-11-9-27(10-12-29)47-15-14-36(53)51-16-18-52(19-17-51)38(55)32-20-25(6-13-34(32)42)21-35-30-4-2-3-5-31(30)37(54)50-49-35/h2-13,20,22,47,57H,14-19,21,24H2,1H3,(H,48,56)(H,50,54). The third kappa shape index (κ3) is 9.78. The summed E-state index contributed by atoms with van der Waals surface area (Å²) < 4.78 is 81.2. The summed E-state index contributed by atoms with van der Waals surface area (Å²) in [5.41, 5.74) is -3.78. The normalized spacial score (nSPS) is 14.3. The molecule has 0 radical (unpaired) electrons. The highest BCUT2D eigenvalue weighted by molar-refractivity contribution is 7.91. The topological polar surface area (TPSA) is 206 Å². The average molecular weight is 848 g/mol. The lowest BCUT2D eigenvalue weighted by atomic mass is 10.0. The van der Waals surface area contributed by atoms with Crippen LogP contribution >= 0.6 is 0 Å². The number of hydrogen-bond donors (Lipinski definition) is 4. The highest BCUT2D eigenvalue weighted by Crippen LogP contribution is 2.34. The van der Waals surface area contributed by atoms with Gasteiger partial charge in [0.1, 0.15) is 5.82 Å². The van der Waals surface area contributed by atoms with Gasteiger partial charge in [0.2, 0.25) is 5.91 Å². The minimum atomic E-state index is -4.90. The lowest BCUT2D eigenvalue weighted by Crippen LogP contribution is -2.51. The number of piperazine rings is 1. The fourth-order valence-corrected chi connectivity index (χ4v) is 8.25. The lowest BCUT2D eigenvalue weighted by Gasteiger charge is -2.35. The molecular weight excluding hydrogens is 811 g/mol. The molecule has 312 valence electrons. The number of amides is 3. The van der Waals surface area contributed by atoms with E-state index in [9.17, 15) is 50.3 Å². The number of halogens is 4. The van der Waals surface area contributed by atoms with Crippen LogP contribution in [-0.4, -0.2) is 95.3 Å². The van der Waals surface area contributed by atoms with E-state index in [1.807, 2.05) is 0 Å². The zero-order valence-corrected chi connectivity index (χ0v) is 32.7. The monoisotopic (exact) mass is 847 g/mol. The van der Waals surface area contributed by atoms with Crippen LogP contribution < -0.4 is 16.2 Å². The third-order valence-electron chi connectivity index (χ3n) is 9.87. The highest BCUT2D eigenvalue weighted by atomic mass is 32.2. The van der Waals surface area contributed by atoms with E-state index in [-0.39, 0.29) is 67.5 Å². The smallest absolute Gasteiger partial charge is 0.385 e. The molecule has 1 fully saturated rings. The van der Waals surface area contributed by atoms with Crippen molar-refractivity contribution in [3.05, 3.63) is 129 Å². The number of carbonyl (C=O) groups is 3. The first-order chi connectivity index (χ1) is 28.4. The molecule has 1 saturated heterocycles.